The van der Waals surface area contributed by atoms with E-state index in [1.54, 1.807) is 0 Å². The van der Waals surface area contributed by atoms with Crippen LogP contribution in [-0.4, -0.2) is 42.9 Å². The molecule has 1 saturated heterocycles. The predicted molar refractivity (Wildman–Crippen MR) is 141 cm³/mol. The number of carboxylic acid groups (broad SMARTS) is 1. The Balaban J connectivity index is 1.26. The number of carbonyl (C=O) groups is 2. The Morgan fingerprint density at radius 1 is 0.972 bits per heavy atom. The monoisotopic (exact) mass is 484 g/mol. The molecule has 1 amide bonds. The first-order valence-electron chi connectivity index (χ1n) is 12.6. The van der Waals surface area contributed by atoms with Crippen LogP contribution in [-0.2, 0) is 16.0 Å². The number of hydrogen-bond acceptors (Lipinski definition) is 4. The van der Waals surface area contributed by atoms with Crippen molar-refractivity contribution in [3.8, 4) is 11.1 Å². The minimum atomic E-state index is -1.08. The summed E-state index contributed by atoms with van der Waals surface area (Å²) >= 11 is 0. The van der Waals surface area contributed by atoms with Gasteiger partial charge in [-0.3, -0.25) is 0 Å². The van der Waals surface area contributed by atoms with Crippen molar-refractivity contribution in [3.63, 3.8) is 0 Å². The van der Waals surface area contributed by atoms with Crippen molar-refractivity contribution in [2.24, 2.45) is 0 Å². The van der Waals surface area contributed by atoms with Crippen LogP contribution >= 0.6 is 0 Å². The summed E-state index contributed by atoms with van der Waals surface area (Å²) in [4.78, 5) is 27.1. The predicted octanol–water partition coefficient (Wildman–Crippen LogP) is 5.44. The maximum absolute atomic E-state index is 12.7. The van der Waals surface area contributed by atoms with Crippen LogP contribution in [0.25, 0.3) is 11.1 Å². The number of nitrogens with zero attached hydrogens (tertiary/aromatic N) is 1. The number of rotatable bonds is 7. The highest BCUT2D eigenvalue weighted by Gasteiger charge is 2.30. The number of nitrogens with one attached hydrogen (secondary N) is 1. The van der Waals surface area contributed by atoms with E-state index in [9.17, 15) is 14.7 Å². The van der Waals surface area contributed by atoms with Gasteiger partial charge in [0.25, 0.3) is 0 Å². The van der Waals surface area contributed by atoms with Gasteiger partial charge in [-0.1, -0.05) is 54.6 Å². The van der Waals surface area contributed by atoms with Crippen LogP contribution < -0.4 is 10.2 Å². The lowest BCUT2D eigenvalue weighted by Crippen LogP contribution is -2.43. The van der Waals surface area contributed by atoms with Gasteiger partial charge in [-0.15, -0.1) is 0 Å². The molecule has 2 N–H and O–H groups in total. The van der Waals surface area contributed by atoms with E-state index < -0.39 is 18.1 Å². The molecule has 0 aromatic heterocycles. The van der Waals surface area contributed by atoms with Gasteiger partial charge in [-0.25, -0.2) is 9.59 Å². The number of aryl methyl sites for hydroxylation is 2. The average Bonchev–Trinajstić information content (AvgIpc) is 3.51. The van der Waals surface area contributed by atoms with E-state index in [0.717, 1.165) is 52.0 Å². The van der Waals surface area contributed by atoms with Gasteiger partial charge >= 0.3 is 12.1 Å². The molecule has 1 aliphatic carbocycles. The molecule has 186 valence electrons. The number of carbonyl (C=O) groups excluding carboxylic acids is 1. The highest BCUT2D eigenvalue weighted by molar-refractivity contribution is 5.81. The zero-order valence-electron chi connectivity index (χ0n) is 20.8. The maximum Gasteiger partial charge on any atom is 0.407 e. The van der Waals surface area contributed by atoms with Gasteiger partial charge in [0, 0.05) is 31.1 Å². The molecule has 0 bridgehead atoms. The minimum absolute atomic E-state index is 0.0746. The first-order valence-corrected chi connectivity index (χ1v) is 12.6. The molecule has 3 aromatic carbocycles. The van der Waals surface area contributed by atoms with Crippen LogP contribution in [0.3, 0.4) is 0 Å². The molecule has 0 spiro atoms. The number of alkyl carbamates (subject to hydrolysis) is 1. The van der Waals surface area contributed by atoms with Gasteiger partial charge < -0.3 is 20.1 Å². The molecule has 1 heterocycles. The maximum atomic E-state index is 12.7. The van der Waals surface area contributed by atoms with Crippen molar-refractivity contribution in [1.82, 2.24) is 5.32 Å². The van der Waals surface area contributed by atoms with Crippen LogP contribution in [0.4, 0.5) is 10.5 Å². The molecule has 1 aliphatic heterocycles. The van der Waals surface area contributed by atoms with E-state index in [2.05, 4.69) is 53.5 Å². The molecule has 2 aliphatic rings. The second-order valence-electron chi connectivity index (χ2n) is 9.82. The van der Waals surface area contributed by atoms with Gasteiger partial charge in [0.15, 0.2) is 0 Å². The third kappa shape index (κ3) is 4.68. The number of aliphatic carboxylic acids is 1. The fourth-order valence-electron chi connectivity index (χ4n) is 5.58. The molecular formula is C30H32N2O4. The zero-order chi connectivity index (χ0) is 25.2. The third-order valence-corrected chi connectivity index (χ3v) is 7.46. The lowest BCUT2D eigenvalue weighted by Gasteiger charge is -2.23. The highest BCUT2D eigenvalue weighted by atomic mass is 16.5. The van der Waals surface area contributed by atoms with E-state index >= 15 is 0 Å². The molecule has 36 heavy (non-hydrogen) atoms. The lowest BCUT2D eigenvalue weighted by molar-refractivity contribution is -0.139. The van der Waals surface area contributed by atoms with Gasteiger partial charge in [0.1, 0.15) is 12.6 Å². The first kappa shape index (κ1) is 23.9. The van der Waals surface area contributed by atoms with Crippen molar-refractivity contribution in [2.45, 2.75) is 45.1 Å². The molecule has 1 atom stereocenters. The van der Waals surface area contributed by atoms with Crippen molar-refractivity contribution in [3.05, 3.63) is 88.5 Å². The van der Waals surface area contributed by atoms with E-state index in [-0.39, 0.29) is 18.9 Å². The molecule has 1 fully saturated rings. The van der Waals surface area contributed by atoms with Crippen molar-refractivity contribution in [2.75, 3.05) is 24.6 Å². The largest absolute Gasteiger partial charge is 0.480 e. The Kier molecular flexibility index (Phi) is 6.68. The van der Waals surface area contributed by atoms with Gasteiger partial charge in [0.2, 0.25) is 0 Å². The number of fused-ring (bicyclic) bond motifs is 3. The molecule has 6 heteroatoms. The first-order chi connectivity index (χ1) is 17.4. The van der Waals surface area contributed by atoms with Crippen LogP contribution in [0.2, 0.25) is 0 Å². The SMILES string of the molecule is Cc1cc(N2CCCC2)c(C)cc1CC(NC(=O)OCC1c2ccccc2-c2ccccc21)C(=O)O. The van der Waals surface area contributed by atoms with E-state index in [0.29, 0.717) is 0 Å². The topological polar surface area (TPSA) is 78.9 Å². The molecule has 3 aromatic rings. The normalized spacial score (nSPS) is 15.3. The third-order valence-electron chi connectivity index (χ3n) is 7.46. The highest BCUT2D eigenvalue weighted by Crippen LogP contribution is 2.44. The Bertz CT molecular complexity index is 1250. The lowest BCUT2D eigenvalue weighted by atomic mass is 9.97. The van der Waals surface area contributed by atoms with Crippen LogP contribution in [0.1, 0.15) is 46.6 Å². The summed E-state index contributed by atoms with van der Waals surface area (Å²) in [6, 6.07) is 19.4. The molecule has 1 unspecified atom stereocenters. The second kappa shape index (κ2) is 10.1. The summed E-state index contributed by atoms with van der Waals surface area (Å²) in [7, 11) is 0. The number of carboxylic acids is 1. The van der Waals surface area contributed by atoms with E-state index in [1.807, 2.05) is 31.2 Å². The Hall–Kier alpha value is -3.80. The van der Waals surface area contributed by atoms with Crippen LogP contribution in [0.5, 0.6) is 0 Å². The quantitative estimate of drug-likeness (QED) is 0.467. The summed E-state index contributed by atoms with van der Waals surface area (Å²) in [6.45, 7) is 6.32. The second-order valence-corrected chi connectivity index (χ2v) is 9.82. The molecule has 0 saturated carbocycles. The Morgan fingerprint density at radius 3 is 2.19 bits per heavy atom. The molecule has 5 rings (SSSR count). The minimum Gasteiger partial charge on any atom is -0.480 e. The Labute approximate surface area is 211 Å². The fourth-order valence-corrected chi connectivity index (χ4v) is 5.58. The van der Waals surface area contributed by atoms with Gasteiger partial charge in [-0.05, 0) is 71.7 Å². The number of hydrogen-bond donors (Lipinski definition) is 2. The summed E-state index contributed by atoms with van der Waals surface area (Å²) in [5.41, 5.74) is 8.82. The van der Waals surface area contributed by atoms with E-state index in [1.165, 1.54) is 18.5 Å². The smallest absolute Gasteiger partial charge is 0.407 e. The molecule has 0 radical (unpaired) electrons. The van der Waals surface area contributed by atoms with Crippen molar-refractivity contribution < 1.29 is 19.4 Å². The van der Waals surface area contributed by atoms with Crippen LogP contribution in [0.15, 0.2) is 60.7 Å². The number of amides is 1. The number of ether oxygens (including phenoxy) is 1. The van der Waals surface area contributed by atoms with Crippen molar-refractivity contribution in [1.29, 1.82) is 0 Å². The molecule has 6 nitrogen and oxygen atoms in total. The number of anilines is 1. The number of benzene rings is 3. The molecular weight excluding hydrogens is 452 g/mol. The van der Waals surface area contributed by atoms with Crippen LogP contribution in [0, 0.1) is 13.8 Å². The summed E-state index contributed by atoms with van der Waals surface area (Å²) in [6.07, 6.45) is 1.89. The average molecular weight is 485 g/mol. The standard InChI is InChI=1S/C30H32N2O4/c1-19-16-28(32-13-7-8-14-32)20(2)15-21(19)17-27(29(33)34)31-30(35)36-18-26-24-11-5-3-9-22(24)23-10-4-6-12-25(23)26/h3-6,9-12,15-16,26-27H,7-8,13-14,17-18H2,1-2H3,(H,31,35)(H,33,34). The summed E-state index contributed by atoms with van der Waals surface area (Å²) < 4.78 is 5.58. The van der Waals surface area contributed by atoms with Crippen molar-refractivity contribution >= 4 is 17.7 Å². The Morgan fingerprint density at radius 2 is 1.58 bits per heavy atom. The van der Waals surface area contributed by atoms with Gasteiger partial charge in [-0.2, -0.15) is 0 Å². The summed E-state index contributed by atoms with van der Waals surface area (Å²) in [5.74, 6) is -1.15. The van der Waals surface area contributed by atoms with Gasteiger partial charge in [0.05, 0.1) is 0 Å². The zero-order valence-corrected chi connectivity index (χ0v) is 20.8. The fraction of sp³-hybridized carbons (Fsp3) is 0.333. The summed E-state index contributed by atoms with van der Waals surface area (Å²) in [5, 5.41) is 12.4. The van der Waals surface area contributed by atoms with E-state index in [4.69, 9.17) is 4.74 Å².